The number of hydrogen-bond donors (Lipinski definition) is 1. The van der Waals surface area contributed by atoms with Gasteiger partial charge < -0.3 is 23.9 Å². The van der Waals surface area contributed by atoms with E-state index in [0.717, 1.165) is 5.56 Å². The van der Waals surface area contributed by atoms with Crippen molar-refractivity contribution in [3.05, 3.63) is 100 Å². The van der Waals surface area contributed by atoms with Gasteiger partial charge in [-0.2, -0.15) is 0 Å². The third-order valence-corrected chi connectivity index (χ3v) is 6.24. The number of aliphatic hydroxyl groups excluding tert-OH is 1. The van der Waals surface area contributed by atoms with Gasteiger partial charge in [-0.05, 0) is 41.5 Å². The average molecular weight is 505 g/mol. The third-order valence-electron chi connectivity index (χ3n) is 6.02. The predicted octanol–water partition coefficient (Wildman–Crippen LogP) is 5.28. The predicted molar refractivity (Wildman–Crippen MR) is 132 cm³/mol. The molecule has 4 aromatic rings. The molecule has 182 valence electrons. The lowest BCUT2D eigenvalue weighted by atomic mass is 9.94. The molecule has 0 bridgehead atoms. The Hall–Kier alpha value is -4.30. The van der Waals surface area contributed by atoms with E-state index in [0.29, 0.717) is 33.1 Å². The van der Waals surface area contributed by atoms with Crippen molar-refractivity contribution in [2.24, 2.45) is 0 Å². The van der Waals surface area contributed by atoms with Crippen molar-refractivity contribution in [1.82, 2.24) is 9.88 Å². The molecule has 0 spiro atoms. The first-order chi connectivity index (χ1) is 17.4. The Morgan fingerprint density at radius 2 is 1.97 bits per heavy atom. The maximum absolute atomic E-state index is 13.8. The number of rotatable bonds is 7. The van der Waals surface area contributed by atoms with Crippen LogP contribution in [0.4, 0.5) is 0 Å². The van der Waals surface area contributed by atoms with Crippen LogP contribution in [0.15, 0.2) is 82.7 Å². The number of pyridine rings is 1. The number of fused-ring (bicyclic) bond motifs is 1. The first-order valence-corrected chi connectivity index (χ1v) is 11.4. The van der Waals surface area contributed by atoms with Gasteiger partial charge in [0.1, 0.15) is 5.75 Å². The van der Waals surface area contributed by atoms with Gasteiger partial charge in [-0.3, -0.25) is 14.6 Å². The lowest BCUT2D eigenvalue weighted by Gasteiger charge is -2.27. The number of benzene rings is 2. The molecule has 0 fully saturated rings. The molecule has 3 heterocycles. The van der Waals surface area contributed by atoms with Gasteiger partial charge in [0.15, 0.2) is 22.9 Å². The Morgan fingerprint density at radius 3 is 2.69 bits per heavy atom. The maximum atomic E-state index is 13.8. The normalized spacial score (nSPS) is 15.6. The number of halogens is 1. The van der Waals surface area contributed by atoms with E-state index < -0.39 is 23.5 Å². The summed E-state index contributed by atoms with van der Waals surface area (Å²) in [4.78, 5) is 32.6. The second-order valence-electron chi connectivity index (χ2n) is 8.20. The van der Waals surface area contributed by atoms with Crippen molar-refractivity contribution in [3.8, 4) is 11.5 Å². The van der Waals surface area contributed by atoms with Crippen molar-refractivity contribution in [3.63, 3.8) is 0 Å². The van der Waals surface area contributed by atoms with Crippen LogP contribution < -0.4 is 9.47 Å². The number of ether oxygens (including phenoxy) is 2. The molecule has 2 aromatic carbocycles. The zero-order chi connectivity index (χ0) is 25.4. The fraction of sp³-hybridized carbons (Fsp3) is 0.148. The second kappa shape index (κ2) is 9.39. The maximum Gasteiger partial charge on any atom is 0.290 e. The molecule has 9 heteroatoms. The van der Waals surface area contributed by atoms with Gasteiger partial charge in [0.2, 0.25) is 5.78 Å². The van der Waals surface area contributed by atoms with Crippen LogP contribution >= 0.6 is 11.6 Å². The van der Waals surface area contributed by atoms with Crippen LogP contribution in [-0.4, -0.2) is 40.9 Å². The first-order valence-electron chi connectivity index (χ1n) is 11.0. The number of furan rings is 1. The summed E-state index contributed by atoms with van der Waals surface area (Å²) < 4.78 is 16.5. The van der Waals surface area contributed by atoms with Crippen LogP contribution in [-0.2, 0) is 11.3 Å². The van der Waals surface area contributed by atoms with Crippen molar-refractivity contribution >= 4 is 34.3 Å². The first kappa shape index (κ1) is 23.4. The average Bonchev–Trinajstić information content (AvgIpc) is 3.43. The highest BCUT2D eigenvalue weighted by Crippen LogP contribution is 2.42. The molecule has 8 nitrogen and oxygen atoms in total. The summed E-state index contributed by atoms with van der Waals surface area (Å²) in [5.41, 5.74) is 1.57. The van der Waals surface area contributed by atoms with E-state index in [9.17, 15) is 14.7 Å². The Labute approximate surface area is 211 Å². The molecule has 1 aliphatic rings. The third kappa shape index (κ3) is 4.05. The minimum atomic E-state index is -0.890. The molecule has 1 aliphatic heterocycles. The Kier molecular flexibility index (Phi) is 6.12. The van der Waals surface area contributed by atoms with E-state index in [2.05, 4.69) is 4.98 Å². The summed E-state index contributed by atoms with van der Waals surface area (Å²) in [6, 6.07) is 14.4. The summed E-state index contributed by atoms with van der Waals surface area (Å²) in [5, 5.41) is 11.9. The summed E-state index contributed by atoms with van der Waals surface area (Å²) in [7, 11) is 2.99. The molecule has 0 radical (unpaired) electrons. The van der Waals surface area contributed by atoms with Crippen LogP contribution in [0.25, 0.3) is 11.0 Å². The van der Waals surface area contributed by atoms with Crippen molar-refractivity contribution in [2.75, 3.05) is 14.2 Å². The van der Waals surface area contributed by atoms with Gasteiger partial charge >= 0.3 is 0 Å². The van der Waals surface area contributed by atoms with E-state index >= 15 is 0 Å². The highest BCUT2D eigenvalue weighted by molar-refractivity contribution is 6.31. The molecule has 0 saturated carbocycles. The number of hydrogen-bond acceptors (Lipinski definition) is 7. The SMILES string of the molecule is COc1cccc(C2C(C(=O)c3cc4cc(Cl)cc(OC)c4o3)=C(O)C(=O)N2Cc2cccnc2)c1. The number of carbonyl (C=O) groups is 2. The standard InChI is InChI=1S/C27H21ClN2O6/c1-34-19-7-3-6-16(10-19)23-22(25(32)27(33)30(23)14-15-5-4-8-29-13-15)24(31)20-11-17-9-18(28)12-21(35-2)26(17)36-20/h3-13,23,32H,14H2,1-2H3. The van der Waals surface area contributed by atoms with Gasteiger partial charge in [0.25, 0.3) is 5.91 Å². The quantitative estimate of drug-likeness (QED) is 0.342. The number of methoxy groups -OCH3 is 2. The van der Waals surface area contributed by atoms with Crippen LogP contribution in [0.2, 0.25) is 5.02 Å². The Balaban J connectivity index is 1.62. The molecule has 36 heavy (non-hydrogen) atoms. The monoisotopic (exact) mass is 504 g/mol. The molecule has 1 amide bonds. The Morgan fingerprint density at radius 1 is 1.14 bits per heavy atom. The van der Waals surface area contributed by atoms with Crippen molar-refractivity contribution in [2.45, 2.75) is 12.6 Å². The fourth-order valence-electron chi connectivity index (χ4n) is 4.38. The lowest BCUT2D eigenvalue weighted by molar-refractivity contribution is -0.130. The Bertz CT molecular complexity index is 1510. The van der Waals surface area contributed by atoms with E-state index in [1.165, 1.54) is 25.2 Å². The molecular weight excluding hydrogens is 484 g/mol. The molecule has 1 N–H and O–H groups in total. The van der Waals surface area contributed by atoms with E-state index in [1.54, 1.807) is 54.9 Å². The second-order valence-corrected chi connectivity index (χ2v) is 8.64. The zero-order valence-electron chi connectivity index (χ0n) is 19.4. The number of ketones is 1. The van der Waals surface area contributed by atoms with Gasteiger partial charge in [-0.1, -0.05) is 29.8 Å². The molecule has 0 saturated heterocycles. The number of Topliss-reactive ketones (excluding diaryl/α,β-unsaturated/α-hetero) is 1. The minimum Gasteiger partial charge on any atom is -0.503 e. The van der Waals surface area contributed by atoms with Gasteiger partial charge in [-0.15, -0.1) is 0 Å². The van der Waals surface area contributed by atoms with Crippen molar-refractivity contribution in [1.29, 1.82) is 0 Å². The van der Waals surface area contributed by atoms with Crippen molar-refractivity contribution < 1.29 is 28.6 Å². The van der Waals surface area contributed by atoms with E-state index in [1.807, 2.05) is 6.07 Å². The van der Waals surface area contributed by atoms with E-state index in [4.69, 9.17) is 25.5 Å². The summed E-state index contributed by atoms with van der Waals surface area (Å²) in [6.07, 6.45) is 3.25. The lowest BCUT2D eigenvalue weighted by Crippen LogP contribution is -2.30. The molecular formula is C27H21ClN2O6. The molecule has 1 unspecified atom stereocenters. The van der Waals surface area contributed by atoms with E-state index in [-0.39, 0.29) is 17.9 Å². The molecule has 1 atom stereocenters. The number of aliphatic hydroxyl groups is 1. The summed E-state index contributed by atoms with van der Waals surface area (Å²) in [6.45, 7) is 0.124. The largest absolute Gasteiger partial charge is 0.503 e. The molecule has 2 aromatic heterocycles. The van der Waals surface area contributed by atoms with Crippen LogP contribution in [0, 0.1) is 0 Å². The molecule has 5 rings (SSSR count). The highest BCUT2D eigenvalue weighted by atomic mass is 35.5. The minimum absolute atomic E-state index is 0.0592. The van der Waals surface area contributed by atoms with Gasteiger partial charge in [0.05, 0.1) is 25.8 Å². The van der Waals surface area contributed by atoms with Gasteiger partial charge in [-0.25, -0.2) is 0 Å². The van der Waals surface area contributed by atoms with Crippen LogP contribution in [0.3, 0.4) is 0 Å². The number of amides is 1. The number of nitrogens with zero attached hydrogens (tertiary/aromatic N) is 2. The van der Waals surface area contributed by atoms with Gasteiger partial charge in [0, 0.05) is 35.4 Å². The topological polar surface area (TPSA) is 102 Å². The fourth-order valence-corrected chi connectivity index (χ4v) is 4.59. The highest BCUT2D eigenvalue weighted by Gasteiger charge is 2.44. The number of aromatic nitrogens is 1. The zero-order valence-corrected chi connectivity index (χ0v) is 20.2. The molecule has 0 aliphatic carbocycles. The van der Waals surface area contributed by atoms with Crippen LogP contribution in [0.1, 0.15) is 27.7 Å². The summed E-state index contributed by atoms with van der Waals surface area (Å²) in [5.74, 6) is -1.09. The summed E-state index contributed by atoms with van der Waals surface area (Å²) >= 11 is 6.16. The smallest absolute Gasteiger partial charge is 0.290 e. The van der Waals surface area contributed by atoms with Crippen LogP contribution in [0.5, 0.6) is 11.5 Å². The number of carbonyl (C=O) groups excluding carboxylic acids is 2.